The summed E-state index contributed by atoms with van der Waals surface area (Å²) in [5, 5.41) is 16.2. The number of anilines is 1. The summed E-state index contributed by atoms with van der Waals surface area (Å²) in [4.78, 5) is 22.9. The lowest BCUT2D eigenvalue weighted by Gasteiger charge is -2.14. The molecule has 0 aliphatic carbocycles. The van der Waals surface area contributed by atoms with E-state index in [0.29, 0.717) is 18.5 Å². The Morgan fingerprint density at radius 1 is 1.14 bits per heavy atom. The van der Waals surface area contributed by atoms with Gasteiger partial charge in [0.1, 0.15) is 6.04 Å². The minimum absolute atomic E-state index is 0.403. The molecule has 2 rings (SSSR count). The highest BCUT2D eigenvalue weighted by Gasteiger charge is 2.18. The minimum Gasteiger partial charge on any atom is -0.480 e. The van der Waals surface area contributed by atoms with Gasteiger partial charge >= 0.3 is 12.0 Å². The summed E-state index contributed by atoms with van der Waals surface area (Å²) in [5.41, 5.74) is 0.631. The molecule has 2 aromatic rings. The maximum Gasteiger partial charge on any atom is 0.326 e. The average Bonchev–Trinajstić information content (AvgIpc) is 2.46. The van der Waals surface area contributed by atoms with Crippen LogP contribution in [0.25, 0.3) is 10.8 Å². The van der Waals surface area contributed by atoms with Crippen molar-refractivity contribution in [3.05, 3.63) is 42.5 Å². The van der Waals surface area contributed by atoms with E-state index in [-0.39, 0.29) is 0 Å². The van der Waals surface area contributed by atoms with Crippen LogP contribution >= 0.6 is 0 Å². The van der Waals surface area contributed by atoms with Gasteiger partial charge in [-0.05, 0) is 29.3 Å². The van der Waals surface area contributed by atoms with Gasteiger partial charge in [-0.15, -0.1) is 0 Å². The molecule has 110 valence electrons. The number of hydrogen-bond donors (Lipinski definition) is 3. The van der Waals surface area contributed by atoms with Crippen LogP contribution in [0.2, 0.25) is 0 Å². The number of nitrogens with one attached hydrogen (secondary N) is 2. The summed E-state index contributed by atoms with van der Waals surface area (Å²) in [7, 11) is 0. The molecule has 0 saturated heterocycles. The number of hydrogen-bond acceptors (Lipinski definition) is 2. The maximum atomic E-state index is 11.9. The monoisotopic (exact) mass is 286 g/mol. The quantitative estimate of drug-likeness (QED) is 0.789. The molecule has 5 nitrogen and oxygen atoms in total. The lowest BCUT2D eigenvalue weighted by atomic mass is 10.1. The number of fused-ring (bicyclic) bond motifs is 1. The second-order valence-electron chi connectivity index (χ2n) is 4.84. The van der Waals surface area contributed by atoms with Crippen molar-refractivity contribution in [2.45, 2.75) is 25.8 Å². The van der Waals surface area contributed by atoms with Gasteiger partial charge in [-0.25, -0.2) is 9.59 Å². The molecule has 0 saturated carbocycles. The van der Waals surface area contributed by atoms with Gasteiger partial charge in [0, 0.05) is 5.69 Å². The summed E-state index contributed by atoms with van der Waals surface area (Å²) in [5.74, 6) is -1.02. The van der Waals surface area contributed by atoms with Crippen LogP contribution in [0.15, 0.2) is 42.5 Å². The Balaban J connectivity index is 2.05. The van der Waals surface area contributed by atoms with Crippen LogP contribution in [0.3, 0.4) is 0 Å². The summed E-state index contributed by atoms with van der Waals surface area (Å²) >= 11 is 0. The molecule has 5 heteroatoms. The standard InChI is InChI=1S/C16H18N2O3/c1-2-5-14(15(19)20)18-16(21)17-13-9-8-11-6-3-4-7-12(11)10-13/h3-4,6-10,14H,2,5H2,1H3,(H,19,20)(H2,17,18,21)/t14-/m0/s1. The predicted molar refractivity (Wildman–Crippen MR) is 82.4 cm³/mol. The number of carboxylic acids is 1. The van der Waals surface area contributed by atoms with Crippen molar-refractivity contribution in [1.82, 2.24) is 5.32 Å². The molecule has 0 aliphatic rings. The third-order valence-corrected chi connectivity index (χ3v) is 3.19. The van der Waals surface area contributed by atoms with E-state index in [1.54, 1.807) is 6.07 Å². The highest BCUT2D eigenvalue weighted by atomic mass is 16.4. The van der Waals surface area contributed by atoms with Gasteiger partial charge < -0.3 is 15.7 Å². The van der Waals surface area contributed by atoms with Crippen molar-refractivity contribution in [2.24, 2.45) is 0 Å². The molecule has 2 amide bonds. The average molecular weight is 286 g/mol. The number of amides is 2. The molecule has 0 unspecified atom stereocenters. The Morgan fingerprint density at radius 3 is 2.52 bits per heavy atom. The van der Waals surface area contributed by atoms with Gasteiger partial charge in [-0.1, -0.05) is 43.7 Å². The van der Waals surface area contributed by atoms with Crippen molar-refractivity contribution in [3.8, 4) is 0 Å². The van der Waals surface area contributed by atoms with Crippen molar-refractivity contribution < 1.29 is 14.7 Å². The molecule has 3 N–H and O–H groups in total. The number of benzene rings is 2. The van der Waals surface area contributed by atoms with E-state index in [0.717, 1.165) is 10.8 Å². The Morgan fingerprint density at radius 2 is 1.86 bits per heavy atom. The zero-order valence-corrected chi connectivity index (χ0v) is 11.8. The maximum absolute atomic E-state index is 11.9. The first kappa shape index (κ1) is 14.8. The van der Waals surface area contributed by atoms with Crippen LogP contribution in [-0.4, -0.2) is 23.1 Å². The van der Waals surface area contributed by atoms with Gasteiger partial charge in [-0.2, -0.15) is 0 Å². The summed E-state index contributed by atoms with van der Waals surface area (Å²) in [6.07, 6.45) is 1.09. The van der Waals surface area contributed by atoms with Crippen LogP contribution in [0, 0.1) is 0 Å². The SMILES string of the molecule is CCC[C@H](NC(=O)Nc1ccc2ccccc2c1)C(=O)O. The van der Waals surface area contributed by atoms with Gasteiger partial charge in [0.05, 0.1) is 0 Å². The van der Waals surface area contributed by atoms with Gasteiger partial charge in [-0.3, -0.25) is 0 Å². The van der Waals surface area contributed by atoms with E-state index >= 15 is 0 Å². The molecule has 0 spiro atoms. The minimum atomic E-state index is -1.02. The fourth-order valence-electron chi connectivity index (χ4n) is 2.14. The molecule has 0 aromatic heterocycles. The van der Waals surface area contributed by atoms with Gasteiger partial charge in [0.15, 0.2) is 0 Å². The van der Waals surface area contributed by atoms with E-state index in [2.05, 4.69) is 10.6 Å². The van der Waals surface area contributed by atoms with Crippen molar-refractivity contribution in [1.29, 1.82) is 0 Å². The van der Waals surface area contributed by atoms with E-state index in [1.165, 1.54) is 0 Å². The second-order valence-corrected chi connectivity index (χ2v) is 4.84. The topological polar surface area (TPSA) is 78.4 Å². The molecule has 21 heavy (non-hydrogen) atoms. The lowest BCUT2D eigenvalue weighted by Crippen LogP contribution is -2.42. The van der Waals surface area contributed by atoms with Crippen molar-refractivity contribution in [2.75, 3.05) is 5.32 Å². The third kappa shape index (κ3) is 3.95. The molecular formula is C16H18N2O3. The molecule has 0 aliphatic heterocycles. The molecule has 0 fully saturated rings. The highest BCUT2D eigenvalue weighted by Crippen LogP contribution is 2.18. The van der Waals surface area contributed by atoms with E-state index in [9.17, 15) is 9.59 Å². The summed E-state index contributed by atoms with van der Waals surface area (Å²) in [6.45, 7) is 1.87. The van der Waals surface area contributed by atoms with Crippen LogP contribution in [0.5, 0.6) is 0 Å². The number of carbonyl (C=O) groups is 2. The molecule has 0 heterocycles. The summed E-state index contributed by atoms with van der Waals surface area (Å²) in [6, 6.07) is 12.0. The first-order valence-electron chi connectivity index (χ1n) is 6.89. The normalized spacial score (nSPS) is 11.9. The second kappa shape index (κ2) is 6.74. The van der Waals surface area contributed by atoms with Gasteiger partial charge in [0.2, 0.25) is 0 Å². The van der Waals surface area contributed by atoms with Crippen LogP contribution in [0.1, 0.15) is 19.8 Å². The fourth-order valence-corrected chi connectivity index (χ4v) is 2.14. The van der Waals surface area contributed by atoms with E-state index in [1.807, 2.05) is 43.3 Å². The molecule has 1 atom stereocenters. The fraction of sp³-hybridized carbons (Fsp3) is 0.250. The molecule has 0 radical (unpaired) electrons. The first-order chi connectivity index (χ1) is 10.1. The number of urea groups is 1. The molecule has 0 bridgehead atoms. The largest absolute Gasteiger partial charge is 0.480 e. The number of carboxylic acid groups (broad SMARTS) is 1. The Hall–Kier alpha value is -2.56. The van der Waals surface area contributed by atoms with Gasteiger partial charge in [0.25, 0.3) is 0 Å². The number of carbonyl (C=O) groups excluding carboxylic acids is 1. The molecular weight excluding hydrogens is 268 g/mol. The predicted octanol–water partition coefficient (Wildman–Crippen LogP) is 3.21. The van der Waals surface area contributed by atoms with Crippen LogP contribution in [0.4, 0.5) is 10.5 Å². The van der Waals surface area contributed by atoms with E-state index in [4.69, 9.17) is 5.11 Å². The van der Waals surface area contributed by atoms with Crippen molar-refractivity contribution >= 4 is 28.5 Å². The van der Waals surface area contributed by atoms with E-state index < -0.39 is 18.0 Å². The zero-order valence-electron chi connectivity index (χ0n) is 11.8. The third-order valence-electron chi connectivity index (χ3n) is 3.19. The highest BCUT2D eigenvalue weighted by molar-refractivity contribution is 5.95. The first-order valence-corrected chi connectivity index (χ1v) is 6.89. The lowest BCUT2D eigenvalue weighted by molar-refractivity contribution is -0.139. The summed E-state index contributed by atoms with van der Waals surface area (Å²) < 4.78 is 0. The Bertz CT molecular complexity index is 655. The van der Waals surface area contributed by atoms with Crippen LogP contribution < -0.4 is 10.6 Å². The molecule has 2 aromatic carbocycles. The smallest absolute Gasteiger partial charge is 0.326 e. The van der Waals surface area contributed by atoms with Crippen LogP contribution in [-0.2, 0) is 4.79 Å². The Kier molecular flexibility index (Phi) is 4.77. The number of rotatable bonds is 5. The number of aliphatic carboxylic acids is 1. The zero-order chi connectivity index (χ0) is 15.2. The Labute approximate surface area is 123 Å². The van der Waals surface area contributed by atoms with Crippen molar-refractivity contribution in [3.63, 3.8) is 0 Å².